The smallest absolute Gasteiger partial charge is 0.387 e. The second-order valence-electron chi connectivity index (χ2n) is 6.94. The Balaban J connectivity index is 1.29. The summed E-state index contributed by atoms with van der Waals surface area (Å²) in [6, 6.07) is 12.7. The molecule has 0 aliphatic carbocycles. The Morgan fingerprint density at radius 3 is 2.64 bits per heavy atom. The molecule has 1 fully saturated rings. The molecule has 2 aromatic rings. The number of nitrogens with zero attached hydrogens (tertiary/aromatic N) is 1. The number of carbonyl (C=O) groups excluding carboxylic acids is 3. The van der Waals surface area contributed by atoms with Crippen LogP contribution in [0.1, 0.15) is 5.56 Å². The van der Waals surface area contributed by atoms with Crippen molar-refractivity contribution in [2.45, 2.75) is 12.7 Å². The van der Waals surface area contributed by atoms with Crippen LogP contribution in [0.2, 0.25) is 0 Å². The number of imide groups is 1. The zero-order valence-corrected chi connectivity index (χ0v) is 17.8. The Morgan fingerprint density at radius 1 is 1.18 bits per heavy atom. The fourth-order valence-corrected chi connectivity index (χ4v) is 4.01. The van der Waals surface area contributed by atoms with E-state index in [1.807, 2.05) is 0 Å². The normalized spacial score (nSPS) is 18.7. The second-order valence-corrected chi connectivity index (χ2v) is 7.93. The Morgan fingerprint density at radius 2 is 1.91 bits per heavy atom. The molecular formula is C22H18F2N2O6S. The van der Waals surface area contributed by atoms with Gasteiger partial charge in [0.2, 0.25) is 6.10 Å². The zero-order chi connectivity index (χ0) is 23.4. The molecule has 0 bridgehead atoms. The quantitative estimate of drug-likeness (QED) is 0.613. The highest BCUT2D eigenvalue weighted by Crippen LogP contribution is 2.33. The van der Waals surface area contributed by atoms with Gasteiger partial charge in [0.05, 0.1) is 4.91 Å². The van der Waals surface area contributed by atoms with E-state index < -0.39 is 29.8 Å². The van der Waals surface area contributed by atoms with Crippen molar-refractivity contribution < 1.29 is 37.4 Å². The van der Waals surface area contributed by atoms with Gasteiger partial charge in [0.25, 0.3) is 17.1 Å². The van der Waals surface area contributed by atoms with E-state index in [0.29, 0.717) is 17.1 Å². The number of rotatable bonds is 7. The number of alkyl halides is 2. The van der Waals surface area contributed by atoms with Crippen molar-refractivity contribution in [1.29, 1.82) is 0 Å². The summed E-state index contributed by atoms with van der Waals surface area (Å²) in [6.45, 7) is -2.85. The van der Waals surface area contributed by atoms with Crippen LogP contribution < -0.4 is 19.5 Å². The molecule has 11 heteroatoms. The van der Waals surface area contributed by atoms with Gasteiger partial charge in [-0.2, -0.15) is 8.78 Å². The van der Waals surface area contributed by atoms with Crippen molar-refractivity contribution >= 4 is 34.9 Å². The van der Waals surface area contributed by atoms with Crippen molar-refractivity contribution in [2.75, 3.05) is 19.7 Å². The first kappa shape index (κ1) is 22.6. The van der Waals surface area contributed by atoms with Gasteiger partial charge in [-0.1, -0.05) is 24.3 Å². The number of benzene rings is 2. The highest BCUT2D eigenvalue weighted by Gasteiger charge is 2.35. The summed E-state index contributed by atoms with van der Waals surface area (Å²) in [4.78, 5) is 38.4. The fourth-order valence-electron chi connectivity index (χ4n) is 3.14. The minimum Gasteiger partial charge on any atom is -0.485 e. The second kappa shape index (κ2) is 9.90. The average molecular weight is 476 g/mol. The van der Waals surface area contributed by atoms with Crippen LogP contribution >= 0.6 is 11.8 Å². The van der Waals surface area contributed by atoms with Gasteiger partial charge in [-0.15, -0.1) is 0 Å². The number of hydrogen-bond acceptors (Lipinski definition) is 7. The number of fused-ring (bicyclic) bond motifs is 1. The molecule has 0 radical (unpaired) electrons. The van der Waals surface area contributed by atoms with Crippen molar-refractivity contribution in [3.63, 3.8) is 0 Å². The molecule has 3 amide bonds. The van der Waals surface area contributed by atoms with E-state index in [2.05, 4.69) is 10.1 Å². The number of hydrogen-bond donors (Lipinski definition) is 1. The van der Waals surface area contributed by atoms with Gasteiger partial charge >= 0.3 is 6.61 Å². The van der Waals surface area contributed by atoms with Crippen molar-refractivity contribution in [3.8, 4) is 17.2 Å². The topological polar surface area (TPSA) is 94.2 Å². The van der Waals surface area contributed by atoms with E-state index in [-0.39, 0.29) is 30.4 Å². The molecule has 0 saturated carbocycles. The molecule has 1 unspecified atom stereocenters. The lowest BCUT2D eigenvalue weighted by Gasteiger charge is -2.25. The van der Waals surface area contributed by atoms with Gasteiger partial charge < -0.3 is 19.5 Å². The lowest BCUT2D eigenvalue weighted by atomic mass is 10.2. The third-order valence-electron chi connectivity index (χ3n) is 4.71. The van der Waals surface area contributed by atoms with Gasteiger partial charge in [-0.05, 0) is 47.7 Å². The Bertz CT molecular complexity index is 1090. The molecule has 2 aliphatic rings. The van der Waals surface area contributed by atoms with Crippen LogP contribution in [0.15, 0.2) is 53.4 Å². The van der Waals surface area contributed by atoms with Crippen molar-refractivity contribution in [3.05, 3.63) is 59.0 Å². The maximum Gasteiger partial charge on any atom is 0.387 e. The number of carbonyl (C=O) groups is 3. The van der Waals surface area contributed by atoms with Crippen LogP contribution in [0.4, 0.5) is 13.6 Å². The summed E-state index contributed by atoms with van der Waals surface area (Å²) in [5, 5.41) is 2.18. The third-order valence-corrected chi connectivity index (χ3v) is 5.62. The SMILES string of the molecule is O=C(NCCN1C(=O)S/C(=C\c2ccc(OC(F)F)cc2)C1=O)C1COc2ccccc2O1. The summed E-state index contributed by atoms with van der Waals surface area (Å²) < 4.78 is 39.9. The lowest BCUT2D eigenvalue weighted by Crippen LogP contribution is -2.46. The minimum absolute atomic E-state index is 0.0122. The summed E-state index contributed by atoms with van der Waals surface area (Å²) >= 11 is 0.761. The van der Waals surface area contributed by atoms with Crippen LogP contribution in [-0.4, -0.2) is 54.4 Å². The average Bonchev–Trinajstić information content (AvgIpc) is 3.07. The van der Waals surface area contributed by atoms with E-state index in [4.69, 9.17) is 9.47 Å². The van der Waals surface area contributed by atoms with Gasteiger partial charge in [-0.25, -0.2) is 0 Å². The minimum atomic E-state index is -2.93. The maximum atomic E-state index is 12.6. The number of thioether (sulfide) groups is 1. The predicted octanol–water partition coefficient (Wildman–Crippen LogP) is 3.28. The first-order valence-electron chi connectivity index (χ1n) is 9.87. The first-order chi connectivity index (χ1) is 15.9. The molecule has 1 saturated heterocycles. The number of halogens is 2. The van der Waals surface area contributed by atoms with Crippen LogP contribution in [-0.2, 0) is 9.59 Å². The van der Waals surface area contributed by atoms with Crippen LogP contribution in [0.25, 0.3) is 6.08 Å². The molecule has 2 heterocycles. The van der Waals surface area contributed by atoms with E-state index in [9.17, 15) is 23.2 Å². The molecule has 0 spiro atoms. The summed E-state index contributed by atoms with van der Waals surface area (Å²) in [6.07, 6.45) is 0.645. The molecule has 2 aliphatic heterocycles. The highest BCUT2D eigenvalue weighted by molar-refractivity contribution is 8.18. The van der Waals surface area contributed by atoms with Crippen LogP contribution in [0, 0.1) is 0 Å². The Hall–Kier alpha value is -3.60. The monoisotopic (exact) mass is 476 g/mol. The van der Waals surface area contributed by atoms with Gasteiger partial charge in [0.1, 0.15) is 12.4 Å². The molecule has 1 atom stereocenters. The fraction of sp³-hybridized carbons (Fsp3) is 0.227. The largest absolute Gasteiger partial charge is 0.485 e. The molecular weight excluding hydrogens is 458 g/mol. The van der Waals surface area contributed by atoms with Gasteiger partial charge in [0, 0.05) is 13.1 Å². The van der Waals surface area contributed by atoms with Crippen molar-refractivity contribution in [2.24, 2.45) is 0 Å². The van der Waals surface area contributed by atoms with E-state index >= 15 is 0 Å². The number of para-hydroxylation sites is 2. The van der Waals surface area contributed by atoms with E-state index in [1.54, 1.807) is 24.3 Å². The molecule has 33 heavy (non-hydrogen) atoms. The molecule has 4 rings (SSSR count). The predicted molar refractivity (Wildman–Crippen MR) is 115 cm³/mol. The molecule has 2 aromatic carbocycles. The van der Waals surface area contributed by atoms with Crippen LogP contribution in [0.3, 0.4) is 0 Å². The lowest BCUT2D eigenvalue weighted by molar-refractivity contribution is -0.131. The third kappa shape index (κ3) is 5.43. The summed E-state index contributed by atoms with van der Waals surface area (Å²) in [5.74, 6) is 0.0920. The number of nitrogens with one attached hydrogen (secondary N) is 1. The molecule has 1 N–H and O–H groups in total. The number of ether oxygens (including phenoxy) is 3. The number of amides is 3. The Labute approximate surface area is 191 Å². The van der Waals surface area contributed by atoms with E-state index in [0.717, 1.165) is 16.7 Å². The van der Waals surface area contributed by atoms with Gasteiger partial charge in [0.15, 0.2) is 11.5 Å². The first-order valence-corrected chi connectivity index (χ1v) is 10.7. The van der Waals surface area contributed by atoms with Crippen LogP contribution in [0.5, 0.6) is 17.2 Å². The molecule has 0 aromatic heterocycles. The molecule has 172 valence electrons. The summed E-state index contributed by atoms with van der Waals surface area (Å²) in [5.41, 5.74) is 0.546. The summed E-state index contributed by atoms with van der Waals surface area (Å²) in [7, 11) is 0. The van der Waals surface area contributed by atoms with Crippen molar-refractivity contribution in [1.82, 2.24) is 10.2 Å². The van der Waals surface area contributed by atoms with E-state index in [1.165, 1.54) is 30.3 Å². The zero-order valence-electron chi connectivity index (χ0n) is 17.0. The van der Waals surface area contributed by atoms with Gasteiger partial charge in [-0.3, -0.25) is 19.3 Å². The maximum absolute atomic E-state index is 12.6. The highest BCUT2D eigenvalue weighted by atomic mass is 32.2. The Kier molecular flexibility index (Phi) is 6.78. The standard InChI is InChI=1S/C22H18F2N2O6S/c23-21(24)31-14-7-5-13(6-8-14)11-18-20(28)26(22(29)33-18)10-9-25-19(27)17-12-30-15-3-1-2-4-16(15)32-17/h1-8,11,17,21H,9-10,12H2,(H,25,27)/b18-11-. The molecule has 8 nitrogen and oxygen atoms in total.